The predicted octanol–water partition coefficient (Wildman–Crippen LogP) is 5.68. The van der Waals surface area contributed by atoms with Crippen LogP contribution >= 0.6 is 15.9 Å². The summed E-state index contributed by atoms with van der Waals surface area (Å²) < 4.78 is 13.1. The van der Waals surface area contributed by atoms with E-state index >= 15 is 0 Å². The normalized spacial score (nSPS) is 19.6. The summed E-state index contributed by atoms with van der Waals surface area (Å²) in [4.78, 5) is 22.2. The first-order valence-corrected chi connectivity index (χ1v) is 14.3. The number of hydrogen-bond acceptors (Lipinski definition) is 7. The van der Waals surface area contributed by atoms with Crippen molar-refractivity contribution in [2.45, 2.75) is 37.3 Å². The van der Waals surface area contributed by atoms with Crippen LogP contribution in [0.1, 0.15) is 42.1 Å². The van der Waals surface area contributed by atoms with Crippen LogP contribution in [0.25, 0.3) is 10.4 Å². The number of ether oxygens (including phenoxy) is 2. The van der Waals surface area contributed by atoms with E-state index in [-0.39, 0.29) is 24.8 Å². The fourth-order valence-electron chi connectivity index (χ4n) is 4.75. The molecule has 1 aliphatic carbocycles. The molecule has 1 aliphatic heterocycles. The van der Waals surface area contributed by atoms with Crippen molar-refractivity contribution < 1.29 is 19.4 Å². The van der Waals surface area contributed by atoms with Gasteiger partial charge >= 0.3 is 0 Å². The number of carbonyl (C=O) groups excluding carboxylic acids is 1. The maximum absolute atomic E-state index is 14.2. The lowest BCUT2D eigenvalue weighted by Crippen LogP contribution is -2.54. The molecule has 0 saturated heterocycles. The number of aliphatic imine (C=N–C) groups is 1. The van der Waals surface area contributed by atoms with E-state index in [1.54, 1.807) is 30.3 Å². The first-order chi connectivity index (χ1) is 20.0. The summed E-state index contributed by atoms with van der Waals surface area (Å²) in [6.07, 6.45) is 2.13. The molecule has 1 heterocycles. The summed E-state index contributed by atoms with van der Waals surface area (Å²) in [7, 11) is 0. The number of hydrazine groups is 1. The molecule has 0 unspecified atom stereocenters. The van der Waals surface area contributed by atoms with E-state index in [0.29, 0.717) is 48.1 Å². The van der Waals surface area contributed by atoms with Gasteiger partial charge in [0.05, 0.1) is 6.61 Å². The zero-order valence-corrected chi connectivity index (χ0v) is 24.0. The van der Waals surface area contributed by atoms with Crippen molar-refractivity contribution in [3.05, 3.63) is 104 Å². The van der Waals surface area contributed by atoms with Gasteiger partial charge in [-0.15, -0.1) is 0 Å². The van der Waals surface area contributed by atoms with Crippen LogP contribution in [0.4, 0.5) is 5.69 Å². The molecule has 0 radical (unpaired) electrons. The molecule has 0 spiro atoms. The quantitative estimate of drug-likeness (QED) is 0.0742. The second-order valence-corrected chi connectivity index (χ2v) is 10.9. The SMILES string of the molecule is [N-]=[N+]=Nc1ccccc1[C@@H]1OC(c2ccc(OCCCO)cc2)=N[C@]1(Cc1ccccc1Br)C(=O)NNCC1CC1. The summed E-state index contributed by atoms with van der Waals surface area (Å²) in [5, 5.41) is 12.9. The van der Waals surface area contributed by atoms with Gasteiger partial charge in [0.25, 0.3) is 5.91 Å². The fraction of sp³-hybridized carbons (Fsp3) is 0.333. The van der Waals surface area contributed by atoms with Crippen molar-refractivity contribution in [1.82, 2.24) is 10.9 Å². The molecule has 212 valence electrons. The Balaban J connectivity index is 1.58. The first-order valence-electron chi connectivity index (χ1n) is 13.6. The molecule has 2 atom stereocenters. The maximum Gasteiger partial charge on any atom is 0.266 e. The van der Waals surface area contributed by atoms with E-state index in [2.05, 4.69) is 36.8 Å². The minimum Gasteiger partial charge on any atom is -0.494 e. The van der Waals surface area contributed by atoms with Gasteiger partial charge in [-0.2, -0.15) is 0 Å². The van der Waals surface area contributed by atoms with Crippen LogP contribution in [0.2, 0.25) is 0 Å². The monoisotopic (exact) mass is 618 g/mol. The third-order valence-corrected chi connectivity index (χ3v) is 7.88. The van der Waals surface area contributed by atoms with Gasteiger partial charge in [-0.1, -0.05) is 63.5 Å². The lowest BCUT2D eigenvalue weighted by atomic mass is 9.81. The summed E-state index contributed by atoms with van der Waals surface area (Å²) in [6, 6.07) is 22.0. The Morgan fingerprint density at radius 3 is 2.63 bits per heavy atom. The van der Waals surface area contributed by atoms with Crippen LogP contribution in [0.3, 0.4) is 0 Å². The van der Waals surface area contributed by atoms with Gasteiger partial charge in [0.1, 0.15) is 5.75 Å². The molecule has 1 amide bonds. The number of halogens is 1. The Bertz CT molecular complexity index is 1460. The number of hydrogen-bond donors (Lipinski definition) is 3. The predicted molar refractivity (Wildman–Crippen MR) is 159 cm³/mol. The van der Waals surface area contributed by atoms with Crippen LogP contribution in [0.15, 0.2) is 87.4 Å². The number of azide groups is 1. The van der Waals surface area contributed by atoms with Gasteiger partial charge < -0.3 is 14.6 Å². The number of aliphatic hydroxyl groups excluding tert-OH is 1. The molecule has 41 heavy (non-hydrogen) atoms. The van der Waals surface area contributed by atoms with E-state index in [1.165, 1.54) is 0 Å². The maximum atomic E-state index is 14.2. The number of amides is 1. The molecule has 1 saturated carbocycles. The molecular weight excluding hydrogens is 588 g/mol. The van der Waals surface area contributed by atoms with Gasteiger partial charge in [0.2, 0.25) is 5.90 Å². The zero-order valence-electron chi connectivity index (χ0n) is 22.4. The van der Waals surface area contributed by atoms with Crippen molar-refractivity contribution in [3.63, 3.8) is 0 Å². The number of rotatable bonds is 13. The molecule has 3 N–H and O–H groups in total. The number of nitrogens with one attached hydrogen (secondary N) is 2. The van der Waals surface area contributed by atoms with Crippen molar-refractivity contribution in [2.75, 3.05) is 19.8 Å². The minimum atomic E-state index is -1.44. The molecular formula is C30H31BrN6O4. The smallest absolute Gasteiger partial charge is 0.266 e. The van der Waals surface area contributed by atoms with Crippen LogP contribution in [0.5, 0.6) is 5.75 Å². The topological polar surface area (TPSA) is 141 Å². The third kappa shape index (κ3) is 6.71. The lowest BCUT2D eigenvalue weighted by Gasteiger charge is -2.31. The van der Waals surface area contributed by atoms with Gasteiger partial charge in [-0.25, -0.2) is 10.4 Å². The van der Waals surface area contributed by atoms with Crippen LogP contribution < -0.4 is 15.6 Å². The van der Waals surface area contributed by atoms with Crippen molar-refractivity contribution in [2.24, 2.45) is 16.0 Å². The summed E-state index contributed by atoms with van der Waals surface area (Å²) in [6.45, 7) is 1.12. The van der Waals surface area contributed by atoms with E-state index in [0.717, 1.165) is 22.9 Å². The Labute approximate surface area is 246 Å². The second kappa shape index (κ2) is 13.2. The largest absolute Gasteiger partial charge is 0.494 e. The van der Waals surface area contributed by atoms with Crippen molar-refractivity contribution in [3.8, 4) is 5.75 Å². The minimum absolute atomic E-state index is 0.0542. The van der Waals surface area contributed by atoms with E-state index < -0.39 is 11.6 Å². The van der Waals surface area contributed by atoms with Gasteiger partial charge in [-0.05, 0) is 60.2 Å². The molecule has 3 aromatic rings. The molecule has 0 aromatic heterocycles. The summed E-state index contributed by atoms with van der Waals surface area (Å²) >= 11 is 3.63. The van der Waals surface area contributed by atoms with Crippen LogP contribution in [-0.2, 0) is 16.0 Å². The Morgan fingerprint density at radius 1 is 1.15 bits per heavy atom. The van der Waals surface area contributed by atoms with Gasteiger partial charge in [0, 0.05) is 52.2 Å². The van der Waals surface area contributed by atoms with E-state index in [1.807, 2.05) is 42.5 Å². The Kier molecular flexibility index (Phi) is 9.21. The highest BCUT2D eigenvalue weighted by Gasteiger charge is 2.54. The number of nitrogens with zero attached hydrogens (tertiary/aromatic N) is 4. The molecule has 5 rings (SSSR count). The molecule has 11 heteroatoms. The number of aliphatic hydroxyl groups is 1. The average Bonchev–Trinajstić information content (AvgIpc) is 3.74. The molecule has 1 fully saturated rings. The summed E-state index contributed by atoms with van der Waals surface area (Å²) in [5.74, 6) is 1.13. The molecule has 0 bridgehead atoms. The van der Waals surface area contributed by atoms with E-state index in [4.69, 9.17) is 19.6 Å². The highest BCUT2D eigenvalue weighted by Crippen LogP contribution is 2.46. The van der Waals surface area contributed by atoms with Crippen molar-refractivity contribution in [1.29, 1.82) is 0 Å². The lowest BCUT2D eigenvalue weighted by molar-refractivity contribution is -0.130. The van der Waals surface area contributed by atoms with Crippen LogP contribution in [-0.4, -0.2) is 42.2 Å². The molecule has 2 aliphatic rings. The number of benzene rings is 3. The standard InChI is InChI=1S/C30H31BrN6O4/c31-25-8-3-1-6-22(25)18-30(29(39)36-33-19-20-10-11-20)27(24-7-2-4-9-26(24)35-37-32)41-28(34-30)21-12-14-23(15-13-21)40-17-5-16-38/h1-4,6-9,12-15,20,27,33,38H,5,10-11,16-19H2,(H,36,39)/t27-,30-/m0/s1. The third-order valence-electron chi connectivity index (χ3n) is 7.11. The van der Waals surface area contributed by atoms with Gasteiger partial charge in [0.15, 0.2) is 11.6 Å². The van der Waals surface area contributed by atoms with Crippen molar-refractivity contribution >= 4 is 33.4 Å². The zero-order chi connectivity index (χ0) is 28.7. The molecule has 3 aromatic carbocycles. The first kappa shape index (κ1) is 28.6. The van der Waals surface area contributed by atoms with Crippen LogP contribution in [0, 0.1) is 5.92 Å². The summed E-state index contributed by atoms with van der Waals surface area (Å²) in [5.41, 5.74) is 16.3. The number of carbonyl (C=O) groups is 1. The van der Waals surface area contributed by atoms with Gasteiger partial charge in [-0.3, -0.25) is 10.2 Å². The fourth-order valence-corrected chi connectivity index (χ4v) is 5.17. The average molecular weight is 620 g/mol. The highest BCUT2D eigenvalue weighted by atomic mass is 79.9. The van der Waals surface area contributed by atoms with E-state index in [9.17, 15) is 10.3 Å². The Morgan fingerprint density at radius 2 is 1.90 bits per heavy atom. The Hall–Kier alpha value is -3.89. The molecule has 10 nitrogen and oxygen atoms in total. The highest BCUT2D eigenvalue weighted by molar-refractivity contribution is 9.10. The second-order valence-electron chi connectivity index (χ2n) is 10.1.